The first-order valence-corrected chi connectivity index (χ1v) is 5.35. The van der Waals surface area contributed by atoms with E-state index < -0.39 is 16.8 Å². The summed E-state index contributed by atoms with van der Waals surface area (Å²) >= 11 is 0. The van der Waals surface area contributed by atoms with E-state index in [1.165, 1.54) is 12.1 Å². The molecule has 0 heterocycles. The number of carboxylic acids is 1. The second kappa shape index (κ2) is 6.37. The van der Waals surface area contributed by atoms with Crippen LogP contribution in [0.15, 0.2) is 42.7 Å². The first kappa shape index (κ1) is 13.7. The van der Waals surface area contributed by atoms with Crippen molar-refractivity contribution in [2.24, 2.45) is 5.92 Å². The van der Waals surface area contributed by atoms with Crippen molar-refractivity contribution in [3.63, 3.8) is 0 Å². The molecule has 0 aliphatic carbocycles. The van der Waals surface area contributed by atoms with Crippen LogP contribution in [-0.2, 0) is 11.2 Å². The Labute approximate surface area is 104 Å². The minimum absolute atomic E-state index is 0.00314. The normalized spacial score (nSPS) is 11.3. The van der Waals surface area contributed by atoms with E-state index in [0.717, 1.165) is 5.56 Å². The quantitative estimate of drug-likeness (QED) is 0.476. The summed E-state index contributed by atoms with van der Waals surface area (Å²) in [5, 5.41) is 19.5. The van der Waals surface area contributed by atoms with Gasteiger partial charge in [0.1, 0.15) is 0 Å². The molecule has 0 fully saturated rings. The molecular formula is C13H13NO4. The molecular weight excluding hydrogens is 234 g/mol. The molecule has 5 heteroatoms. The van der Waals surface area contributed by atoms with Crippen LogP contribution in [0.2, 0.25) is 0 Å². The van der Waals surface area contributed by atoms with Gasteiger partial charge in [-0.25, -0.2) is 0 Å². The van der Waals surface area contributed by atoms with Gasteiger partial charge in [0.25, 0.3) is 5.69 Å². The highest BCUT2D eigenvalue weighted by atomic mass is 16.6. The monoisotopic (exact) mass is 247 g/mol. The molecule has 1 aromatic carbocycles. The summed E-state index contributed by atoms with van der Waals surface area (Å²) in [6.45, 7) is 3.38. The van der Waals surface area contributed by atoms with Crippen molar-refractivity contribution >= 4 is 11.7 Å². The SMILES string of the molecule is C=C=CCC(Cc1ccc([N+](=O)[O-])cc1)C(=O)O. The third-order valence-corrected chi connectivity index (χ3v) is 2.53. The number of allylic oxidation sites excluding steroid dienone is 1. The van der Waals surface area contributed by atoms with Crippen LogP contribution in [0, 0.1) is 16.0 Å². The van der Waals surface area contributed by atoms with Crippen molar-refractivity contribution in [2.75, 3.05) is 0 Å². The number of nitro benzene ring substituents is 1. The van der Waals surface area contributed by atoms with Gasteiger partial charge in [-0.05, 0) is 24.5 Å². The number of aliphatic carboxylic acids is 1. The summed E-state index contributed by atoms with van der Waals surface area (Å²) in [5.74, 6) is -1.47. The highest BCUT2D eigenvalue weighted by molar-refractivity contribution is 5.70. The molecule has 0 bridgehead atoms. The summed E-state index contributed by atoms with van der Waals surface area (Å²) < 4.78 is 0. The zero-order chi connectivity index (χ0) is 13.5. The highest BCUT2D eigenvalue weighted by Gasteiger charge is 2.17. The molecule has 1 N–H and O–H groups in total. The maximum atomic E-state index is 11.0. The number of benzene rings is 1. The Morgan fingerprint density at radius 3 is 2.56 bits per heavy atom. The van der Waals surface area contributed by atoms with Crippen molar-refractivity contribution in [3.8, 4) is 0 Å². The van der Waals surface area contributed by atoms with Crippen LogP contribution in [0.25, 0.3) is 0 Å². The lowest BCUT2D eigenvalue weighted by Gasteiger charge is -2.09. The summed E-state index contributed by atoms with van der Waals surface area (Å²) in [5.41, 5.74) is 3.29. The van der Waals surface area contributed by atoms with Gasteiger partial charge in [-0.15, -0.1) is 5.73 Å². The summed E-state index contributed by atoms with van der Waals surface area (Å²) in [6.07, 6.45) is 2.24. The third kappa shape index (κ3) is 3.88. The van der Waals surface area contributed by atoms with E-state index in [4.69, 9.17) is 5.11 Å². The molecule has 0 aliphatic rings. The minimum Gasteiger partial charge on any atom is -0.481 e. The van der Waals surface area contributed by atoms with Gasteiger partial charge >= 0.3 is 5.97 Å². The third-order valence-electron chi connectivity index (χ3n) is 2.53. The topological polar surface area (TPSA) is 80.4 Å². The van der Waals surface area contributed by atoms with Crippen molar-refractivity contribution in [2.45, 2.75) is 12.8 Å². The van der Waals surface area contributed by atoms with Gasteiger partial charge < -0.3 is 5.11 Å². The highest BCUT2D eigenvalue weighted by Crippen LogP contribution is 2.17. The molecule has 0 amide bonds. The number of non-ortho nitro benzene ring substituents is 1. The van der Waals surface area contributed by atoms with Crippen molar-refractivity contribution in [1.29, 1.82) is 0 Å². The second-order valence-electron chi connectivity index (χ2n) is 3.81. The van der Waals surface area contributed by atoms with E-state index in [2.05, 4.69) is 12.3 Å². The van der Waals surface area contributed by atoms with Crippen LogP contribution in [0.4, 0.5) is 5.69 Å². The molecule has 0 radical (unpaired) electrons. The smallest absolute Gasteiger partial charge is 0.307 e. The zero-order valence-corrected chi connectivity index (χ0v) is 9.70. The summed E-state index contributed by atoms with van der Waals surface area (Å²) in [7, 11) is 0. The van der Waals surface area contributed by atoms with E-state index in [-0.39, 0.29) is 5.69 Å². The molecule has 0 aromatic heterocycles. The maximum absolute atomic E-state index is 11.0. The fourth-order valence-corrected chi connectivity index (χ4v) is 1.54. The van der Waals surface area contributed by atoms with Crippen LogP contribution in [0.1, 0.15) is 12.0 Å². The van der Waals surface area contributed by atoms with E-state index >= 15 is 0 Å². The van der Waals surface area contributed by atoms with Gasteiger partial charge in [-0.1, -0.05) is 18.7 Å². The molecule has 0 spiro atoms. The van der Waals surface area contributed by atoms with Crippen LogP contribution in [-0.4, -0.2) is 16.0 Å². The molecule has 0 saturated carbocycles. The van der Waals surface area contributed by atoms with Gasteiger partial charge in [0, 0.05) is 12.1 Å². The number of carboxylic acid groups (broad SMARTS) is 1. The Bertz CT molecular complexity index is 486. The Kier molecular flexibility index (Phi) is 4.84. The molecule has 5 nitrogen and oxygen atoms in total. The molecule has 0 saturated heterocycles. The number of hydrogen-bond donors (Lipinski definition) is 1. The van der Waals surface area contributed by atoms with Crippen LogP contribution >= 0.6 is 0 Å². The standard InChI is InChI=1S/C13H13NO4/c1-2-3-4-11(13(15)16)9-10-5-7-12(8-6-10)14(17)18/h3,5-8,11H,1,4,9H2,(H,15,16). The number of carbonyl (C=O) groups is 1. The van der Waals surface area contributed by atoms with Gasteiger partial charge in [0.05, 0.1) is 10.8 Å². The molecule has 1 atom stereocenters. The number of nitrogens with zero attached hydrogens (tertiary/aromatic N) is 1. The number of nitro groups is 1. The first-order chi connectivity index (χ1) is 8.54. The lowest BCUT2D eigenvalue weighted by atomic mass is 9.96. The zero-order valence-electron chi connectivity index (χ0n) is 9.70. The minimum atomic E-state index is -0.903. The van der Waals surface area contributed by atoms with Gasteiger partial charge in [-0.2, -0.15) is 0 Å². The number of rotatable bonds is 6. The fourth-order valence-electron chi connectivity index (χ4n) is 1.54. The largest absolute Gasteiger partial charge is 0.481 e. The van der Waals surface area contributed by atoms with Crippen molar-refractivity contribution in [1.82, 2.24) is 0 Å². The van der Waals surface area contributed by atoms with Crippen molar-refractivity contribution < 1.29 is 14.8 Å². The van der Waals surface area contributed by atoms with Crippen LogP contribution < -0.4 is 0 Å². The van der Waals surface area contributed by atoms with E-state index in [0.29, 0.717) is 12.8 Å². The summed E-state index contributed by atoms with van der Waals surface area (Å²) in [4.78, 5) is 21.0. The Morgan fingerprint density at radius 2 is 2.11 bits per heavy atom. The fraction of sp³-hybridized carbons (Fsp3) is 0.231. The van der Waals surface area contributed by atoms with E-state index in [1.807, 2.05) is 0 Å². The molecule has 18 heavy (non-hydrogen) atoms. The average Bonchev–Trinajstić information content (AvgIpc) is 2.34. The van der Waals surface area contributed by atoms with Crippen molar-refractivity contribution in [3.05, 3.63) is 58.3 Å². The molecule has 0 aliphatic heterocycles. The Balaban J connectivity index is 2.77. The molecule has 94 valence electrons. The Hall–Kier alpha value is -2.39. The molecule has 1 aromatic rings. The predicted molar refractivity (Wildman–Crippen MR) is 66.3 cm³/mol. The first-order valence-electron chi connectivity index (χ1n) is 5.35. The average molecular weight is 247 g/mol. The second-order valence-corrected chi connectivity index (χ2v) is 3.81. The van der Waals surface area contributed by atoms with Gasteiger partial charge in [0.15, 0.2) is 0 Å². The summed E-state index contributed by atoms with van der Waals surface area (Å²) in [6, 6.07) is 5.90. The predicted octanol–water partition coefficient (Wildman–Crippen LogP) is 2.57. The number of hydrogen-bond acceptors (Lipinski definition) is 3. The van der Waals surface area contributed by atoms with Gasteiger partial charge in [-0.3, -0.25) is 14.9 Å². The maximum Gasteiger partial charge on any atom is 0.307 e. The van der Waals surface area contributed by atoms with E-state index in [9.17, 15) is 14.9 Å². The lowest BCUT2D eigenvalue weighted by Crippen LogP contribution is -2.15. The lowest BCUT2D eigenvalue weighted by molar-refractivity contribution is -0.384. The molecule has 1 rings (SSSR count). The van der Waals surface area contributed by atoms with Crippen LogP contribution in [0.3, 0.4) is 0 Å². The Morgan fingerprint density at radius 1 is 1.50 bits per heavy atom. The van der Waals surface area contributed by atoms with Gasteiger partial charge in [0.2, 0.25) is 0 Å². The van der Waals surface area contributed by atoms with E-state index in [1.54, 1.807) is 18.2 Å². The van der Waals surface area contributed by atoms with Crippen LogP contribution in [0.5, 0.6) is 0 Å². The molecule has 1 unspecified atom stereocenters.